The first-order chi connectivity index (χ1) is 6.61. The van der Waals surface area contributed by atoms with Crippen LogP contribution in [0.25, 0.3) is 0 Å². The molecule has 0 aliphatic rings. The fourth-order valence-corrected chi connectivity index (χ4v) is 1.07. The van der Waals surface area contributed by atoms with Gasteiger partial charge in [-0.3, -0.25) is 4.79 Å². The van der Waals surface area contributed by atoms with E-state index in [2.05, 4.69) is 15.9 Å². The van der Waals surface area contributed by atoms with Gasteiger partial charge in [0.25, 0.3) is 0 Å². The van der Waals surface area contributed by atoms with Crippen molar-refractivity contribution in [3.8, 4) is 0 Å². The Morgan fingerprint density at radius 2 is 1.79 bits per heavy atom. The Morgan fingerprint density at radius 1 is 1.21 bits per heavy atom. The molecule has 0 saturated heterocycles. The standard InChI is InChI=1S/C10H7BrO3/c11-8(10(13)14)6-9(12)7-4-2-1-3-5-7/h1-6H,(H,13,14). The number of aliphatic carboxylic acids is 1. The molecule has 3 nitrogen and oxygen atoms in total. The Kier molecular flexibility index (Phi) is 3.59. The molecule has 1 aromatic rings. The second-order valence-electron chi connectivity index (χ2n) is 2.53. The van der Waals surface area contributed by atoms with Gasteiger partial charge >= 0.3 is 5.97 Å². The van der Waals surface area contributed by atoms with Crippen molar-refractivity contribution in [2.24, 2.45) is 0 Å². The van der Waals surface area contributed by atoms with Gasteiger partial charge in [-0.25, -0.2) is 4.79 Å². The van der Waals surface area contributed by atoms with Crippen molar-refractivity contribution in [1.29, 1.82) is 0 Å². The van der Waals surface area contributed by atoms with Crippen molar-refractivity contribution in [1.82, 2.24) is 0 Å². The highest BCUT2D eigenvalue weighted by atomic mass is 79.9. The molecule has 0 bridgehead atoms. The van der Waals surface area contributed by atoms with Crippen LogP contribution in [0.5, 0.6) is 0 Å². The average molecular weight is 255 g/mol. The molecule has 0 unspecified atom stereocenters. The molecule has 0 aliphatic carbocycles. The van der Waals surface area contributed by atoms with Crippen LogP contribution in [0, 0.1) is 0 Å². The molecule has 1 rings (SSSR count). The fraction of sp³-hybridized carbons (Fsp3) is 0. The molecule has 0 aliphatic heterocycles. The summed E-state index contributed by atoms with van der Waals surface area (Å²) in [6.45, 7) is 0. The number of carbonyl (C=O) groups excluding carboxylic acids is 1. The molecular formula is C10H7BrO3. The maximum Gasteiger partial charge on any atom is 0.342 e. The van der Waals surface area contributed by atoms with Crippen molar-refractivity contribution in [3.05, 3.63) is 46.5 Å². The van der Waals surface area contributed by atoms with E-state index in [0.717, 1.165) is 6.08 Å². The predicted octanol–water partition coefficient (Wildman–Crippen LogP) is 2.23. The third-order valence-electron chi connectivity index (χ3n) is 1.52. The Balaban J connectivity index is 2.88. The zero-order valence-electron chi connectivity index (χ0n) is 7.11. The van der Waals surface area contributed by atoms with Gasteiger partial charge in [0, 0.05) is 11.6 Å². The van der Waals surface area contributed by atoms with Crippen LogP contribution in [0.2, 0.25) is 0 Å². The van der Waals surface area contributed by atoms with E-state index in [1.165, 1.54) is 0 Å². The van der Waals surface area contributed by atoms with Crippen molar-refractivity contribution < 1.29 is 14.7 Å². The third-order valence-corrected chi connectivity index (χ3v) is 2.09. The second kappa shape index (κ2) is 4.72. The minimum atomic E-state index is -1.16. The molecule has 0 spiro atoms. The number of carboxylic acids is 1. The minimum absolute atomic E-state index is 0.147. The molecule has 72 valence electrons. The Morgan fingerprint density at radius 3 is 2.29 bits per heavy atom. The topological polar surface area (TPSA) is 54.4 Å². The number of carbonyl (C=O) groups is 2. The molecule has 0 fully saturated rings. The van der Waals surface area contributed by atoms with E-state index in [1.807, 2.05) is 0 Å². The molecule has 1 N–H and O–H groups in total. The van der Waals surface area contributed by atoms with Gasteiger partial charge in [0.05, 0.1) is 0 Å². The highest BCUT2D eigenvalue weighted by molar-refractivity contribution is 9.12. The fourth-order valence-electron chi connectivity index (χ4n) is 0.863. The number of halogens is 1. The molecule has 0 atom stereocenters. The van der Waals surface area contributed by atoms with Crippen LogP contribution in [-0.2, 0) is 4.79 Å². The lowest BCUT2D eigenvalue weighted by Crippen LogP contribution is -1.99. The summed E-state index contributed by atoms with van der Waals surface area (Å²) in [7, 11) is 0. The van der Waals surface area contributed by atoms with E-state index in [0.29, 0.717) is 5.56 Å². The van der Waals surface area contributed by atoms with E-state index in [4.69, 9.17) is 5.11 Å². The van der Waals surface area contributed by atoms with Crippen LogP contribution in [0.1, 0.15) is 10.4 Å². The zero-order chi connectivity index (χ0) is 10.6. The van der Waals surface area contributed by atoms with Crippen molar-refractivity contribution in [3.63, 3.8) is 0 Å². The Bertz CT molecular complexity index is 382. The molecule has 0 saturated carbocycles. The van der Waals surface area contributed by atoms with Crippen LogP contribution >= 0.6 is 15.9 Å². The Hall–Kier alpha value is -1.42. The van der Waals surface area contributed by atoms with Gasteiger partial charge < -0.3 is 5.11 Å². The molecule has 1 aromatic carbocycles. The number of hydrogen-bond acceptors (Lipinski definition) is 2. The number of carboxylic acid groups (broad SMARTS) is 1. The summed E-state index contributed by atoms with van der Waals surface area (Å²) in [5.74, 6) is -1.49. The van der Waals surface area contributed by atoms with Crippen LogP contribution in [0.4, 0.5) is 0 Å². The zero-order valence-corrected chi connectivity index (χ0v) is 8.69. The average Bonchev–Trinajstić information content (AvgIpc) is 2.19. The summed E-state index contributed by atoms with van der Waals surface area (Å²) in [6, 6.07) is 8.47. The van der Waals surface area contributed by atoms with E-state index < -0.39 is 5.97 Å². The van der Waals surface area contributed by atoms with Gasteiger partial charge in [0.1, 0.15) is 4.48 Å². The van der Waals surface area contributed by atoms with Gasteiger partial charge in [-0.2, -0.15) is 0 Å². The summed E-state index contributed by atoms with van der Waals surface area (Å²) in [5.41, 5.74) is 0.464. The first kappa shape index (κ1) is 10.7. The quantitative estimate of drug-likeness (QED) is 0.665. The maximum absolute atomic E-state index is 11.4. The van der Waals surface area contributed by atoms with E-state index in [9.17, 15) is 9.59 Å². The van der Waals surface area contributed by atoms with Gasteiger partial charge in [-0.1, -0.05) is 30.3 Å². The lowest BCUT2D eigenvalue weighted by molar-refractivity contribution is -0.131. The number of rotatable bonds is 3. The molecule has 4 heteroatoms. The molecule has 0 amide bonds. The number of hydrogen-bond donors (Lipinski definition) is 1. The predicted molar refractivity (Wildman–Crippen MR) is 55.4 cm³/mol. The van der Waals surface area contributed by atoms with Crippen molar-refractivity contribution in [2.75, 3.05) is 0 Å². The largest absolute Gasteiger partial charge is 0.477 e. The number of benzene rings is 1. The first-order valence-corrected chi connectivity index (χ1v) is 4.60. The summed E-state index contributed by atoms with van der Waals surface area (Å²) in [4.78, 5) is 21.8. The van der Waals surface area contributed by atoms with Crippen LogP contribution in [0.15, 0.2) is 40.9 Å². The molecule has 0 aromatic heterocycles. The van der Waals surface area contributed by atoms with E-state index >= 15 is 0 Å². The highest BCUT2D eigenvalue weighted by Gasteiger charge is 2.07. The van der Waals surface area contributed by atoms with Crippen molar-refractivity contribution in [2.45, 2.75) is 0 Å². The second-order valence-corrected chi connectivity index (χ2v) is 3.38. The normalized spacial score (nSPS) is 11.1. The molecule has 0 heterocycles. The summed E-state index contributed by atoms with van der Waals surface area (Å²) in [6.07, 6.45) is 1.04. The van der Waals surface area contributed by atoms with Crippen LogP contribution < -0.4 is 0 Å². The molecular weight excluding hydrogens is 248 g/mol. The third kappa shape index (κ3) is 2.81. The van der Waals surface area contributed by atoms with Gasteiger partial charge in [-0.15, -0.1) is 0 Å². The van der Waals surface area contributed by atoms with Crippen LogP contribution in [0.3, 0.4) is 0 Å². The van der Waals surface area contributed by atoms with Gasteiger partial charge in [0.15, 0.2) is 5.78 Å². The summed E-state index contributed by atoms with van der Waals surface area (Å²) in [5, 5.41) is 8.51. The van der Waals surface area contributed by atoms with E-state index in [-0.39, 0.29) is 10.3 Å². The highest BCUT2D eigenvalue weighted by Crippen LogP contribution is 2.08. The lowest BCUT2D eigenvalue weighted by Gasteiger charge is -1.94. The summed E-state index contributed by atoms with van der Waals surface area (Å²) >= 11 is 2.78. The monoisotopic (exact) mass is 254 g/mol. The minimum Gasteiger partial charge on any atom is -0.477 e. The number of ketones is 1. The number of allylic oxidation sites excluding steroid dienone is 1. The van der Waals surface area contributed by atoms with E-state index in [1.54, 1.807) is 30.3 Å². The maximum atomic E-state index is 11.4. The van der Waals surface area contributed by atoms with Gasteiger partial charge in [-0.05, 0) is 15.9 Å². The lowest BCUT2D eigenvalue weighted by atomic mass is 10.1. The molecule has 0 radical (unpaired) electrons. The first-order valence-electron chi connectivity index (χ1n) is 3.81. The summed E-state index contributed by atoms with van der Waals surface area (Å²) < 4.78 is -0.147. The Labute approximate surface area is 89.2 Å². The smallest absolute Gasteiger partial charge is 0.342 e. The van der Waals surface area contributed by atoms with Crippen LogP contribution in [-0.4, -0.2) is 16.9 Å². The molecule has 14 heavy (non-hydrogen) atoms. The van der Waals surface area contributed by atoms with Crippen molar-refractivity contribution >= 4 is 27.7 Å². The SMILES string of the molecule is O=C(O)C(Br)=CC(=O)c1ccccc1. The van der Waals surface area contributed by atoms with Gasteiger partial charge in [0.2, 0.25) is 0 Å².